The minimum atomic E-state index is -0.0741. The van der Waals surface area contributed by atoms with Gasteiger partial charge >= 0.3 is 0 Å². The highest BCUT2D eigenvalue weighted by molar-refractivity contribution is 6.04. The normalized spacial score (nSPS) is 14.7. The quantitative estimate of drug-likeness (QED) is 0.915. The summed E-state index contributed by atoms with van der Waals surface area (Å²) in [6.07, 6.45) is 0. The zero-order valence-electron chi connectivity index (χ0n) is 12.8. The number of nitrogens with one attached hydrogen (secondary N) is 2. The average Bonchev–Trinajstić information content (AvgIpc) is 2.57. The van der Waals surface area contributed by atoms with E-state index in [1.54, 1.807) is 0 Å². The fourth-order valence-electron chi connectivity index (χ4n) is 2.59. The van der Waals surface area contributed by atoms with Gasteiger partial charge in [-0.1, -0.05) is 17.7 Å². The highest BCUT2D eigenvalue weighted by Crippen LogP contribution is 2.19. The second-order valence-corrected chi connectivity index (χ2v) is 5.60. The van der Waals surface area contributed by atoms with Crippen LogP contribution in [0.5, 0.6) is 0 Å². The highest BCUT2D eigenvalue weighted by Gasteiger charge is 2.10. The Kier molecular flexibility index (Phi) is 4.39. The van der Waals surface area contributed by atoms with Crippen molar-refractivity contribution in [3.63, 3.8) is 0 Å². The molecule has 0 aromatic heterocycles. The smallest absolute Gasteiger partial charge is 0.255 e. The maximum absolute atomic E-state index is 12.2. The van der Waals surface area contributed by atoms with Crippen LogP contribution in [0.1, 0.15) is 15.9 Å². The predicted molar refractivity (Wildman–Crippen MR) is 90.7 cm³/mol. The van der Waals surface area contributed by atoms with Gasteiger partial charge in [-0.05, 0) is 43.3 Å². The molecular weight excluding hydrogens is 274 g/mol. The van der Waals surface area contributed by atoms with Gasteiger partial charge in [-0.3, -0.25) is 4.79 Å². The van der Waals surface area contributed by atoms with Crippen LogP contribution in [0.2, 0.25) is 0 Å². The lowest BCUT2D eigenvalue weighted by atomic mass is 10.1. The third kappa shape index (κ3) is 3.46. The number of piperazine rings is 1. The van der Waals surface area contributed by atoms with E-state index in [0.29, 0.717) is 5.56 Å². The van der Waals surface area contributed by atoms with Gasteiger partial charge in [-0.2, -0.15) is 0 Å². The molecule has 3 rings (SSSR count). The molecule has 0 aliphatic carbocycles. The molecule has 0 bridgehead atoms. The Morgan fingerprint density at radius 3 is 2.27 bits per heavy atom. The molecule has 0 radical (unpaired) electrons. The summed E-state index contributed by atoms with van der Waals surface area (Å²) in [7, 11) is 0. The number of carbonyl (C=O) groups is 1. The van der Waals surface area contributed by atoms with Crippen molar-refractivity contribution in [2.75, 3.05) is 36.4 Å². The number of aryl methyl sites for hydroxylation is 1. The Labute approximate surface area is 131 Å². The van der Waals surface area contributed by atoms with Gasteiger partial charge in [0.1, 0.15) is 0 Å². The van der Waals surface area contributed by atoms with Crippen LogP contribution in [0.3, 0.4) is 0 Å². The van der Waals surface area contributed by atoms with E-state index in [2.05, 4.69) is 27.7 Å². The van der Waals surface area contributed by atoms with Crippen molar-refractivity contribution in [3.05, 3.63) is 59.7 Å². The van der Waals surface area contributed by atoms with E-state index >= 15 is 0 Å². The van der Waals surface area contributed by atoms with Crippen LogP contribution >= 0.6 is 0 Å². The average molecular weight is 295 g/mol. The van der Waals surface area contributed by atoms with E-state index in [9.17, 15) is 4.79 Å². The van der Waals surface area contributed by atoms with Gasteiger partial charge in [-0.25, -0.2) is 0 Å². The lowest BCUT2D eigenvalue weighted by Crippen LogP contribution is -2.43. The summed E-state index contributed by atoms with van der Waals surface area (Å²) in [5, 5.41) is 6.28. The molecule has 0 atom stereocenters. The Bertz CT molecular complexity index is 628. The minimum Gasteiger partial charge on any atom is -0.369 e. The maximum atomic E-state index is 12.2. The lowest BCUT2D eigenvalue weighted by molar-refractivity contribution is 0.102. The Balaban J connectivity index is 1.65. The largest absolute Gasteiger partial charge is 0.369 e. The molecule has 1 aliphatic heterocycles. The Morgan fingerprint density at radius 2 is 1.64 bits per heavy atom. The molecule has 0 spiro atoms. The summed E-state index contributed by atoms with van der Waals surface area (Å²) >= 11 is 0. The van der Waals surface area contributed by atoms with Crippen LogP contribution in [0.4, 0.5) is 11.4 Å². The van der Waals surface area contributed by atoms with Crippen molar-refractivity contribution in [1.82, 2.24) is 5.32 Å². The topological polar surface area (TPSA) is 44.4 Å². The van der Waals surface area contributed by atoms with Gasteiger partial charge in [0.15, 0.2) is 0 Å². The standard InChI is InChI=1S/C18H21N3O/c1-14-2-4-15(5-3-14)18(22)20-16-6-8-17(9-7-16)21-12-10-19-11-13-21/h2-9,19H,10-13H2,1H3,(H,20,22). The minimum absolute atomic E-state index is 0.0741. The first-order valence-electron chi connectivity index (χ1n) is 7.66. The van der Waals surface area contributed by atoms with Crippen molar-refractivity contribution in [3.8, 4) is 0 Å². The van der Waals surface area contributed by atoms with Crippen LogP contribution in [0.15, 0.2) is 48.5 Å². The number of carbonyl (C=O) groups excluding carboxylic acids is 1. The third-order valence-electron chi connectivity index (χ3n) is 3.92. The highest BCUT2D eigenvalue weighted by atomic mass is 16.1. The number of hydrogen-bond acceptors (Lipinski definition) is 3. The first-order chi connectivity index (χ1) is 10.7. The Morgan fingerprint density at radius 1 is 1.00 bits per heavy atom. The fraction of sp³-hybridized carbons (Fsp3) is 0.278. The second kappa shape index (κ2) is 6.62. The molecule has 0 saturated carbocycles. The zero-order valence-corrected chi connectivity index (χ0v) is 12.8. The molecule has 0 unspecified atom stereocenters. The monoisotopic (exact) mass is 295 g/mol. The van der Waals surface area contributed by atoms with Gasteiger partial charge in [0.25, 0.3) is 5.91 Å². The van der Waals surface area contributed by atoms with E-state index in [-0.39, 0.29) is 5.91 Å². The van der Waals surface area contributed by atoms with Crippen molar-refractivity contribution in [2.45, 2.75) is 6.92 Å². The molecule has 1 fully saturated rings. The molecule has 1 aliphatic rings. The molecule has 1 amide bonds. The number of rotatable bonds is 3. The van der Waals surface area contributed by atoms with Crippen LogP contribution in [-0.2, 0) is 0 Å². The van der Waals surface area contributed by atoms with Gasteiger partial charge in [0, 0.05) is 43.1 Å². The van der Waals surface area contributed by atoms with Gasteiger partial charge in [-0.15, -0.1) is 0 Å². The summed E-state index contributed by atoms with van der Waals surface area (Å²) < 4.78 is 0. The van der Waals surface area contributed by atoms with Crippen molar-refractivity contribution in [1.29, 1.82) is 0 Å². The fourth-order valence-corrected chi connectivity index (χ4v) is 2.59. The van der Waals surface area contributed by atoms with Crippen LogP contribution in [0.25, 0.3) is 0 Å². The number of amides is 1. The first-order valence-corrected chi connectivity index (χ1v) is 7.66. The molecule has 1 heterocycles. The van der Waals surface area contributed by atoms with Crippen LogP contribution in [-0.4, -0.2) is 32.1 Å². The zero-order chi connectivity index (χ0) is 15.4. The van der Waals surface area contributed by atoms with Crippen molar-refractivity contribution >= 4 is 17.3 Å². The number of hydrogen-bond donors (Lipinski definition) is 2. The third-order valence-corrected chi connectivity index (χ3v) is 3.92. The van der Waals surface area contributed by atoms with Crippen LogP contribution in [0, 0.1) is 6.92 Å². The van der Waals surface area contributed by atoms with Gasteiger partial charge in [0.05, 0.1) is 0 Å². The molecule has 4 nitrogen and oxygen atoms in total. The molecule has 22 heavy (non-hydrogen) atoms. The molecule has 4 heteroatoms. The molecule has 2 N–H and O–H groups in total. The van der Waals surface area contributed by atoms with E-state index in [4.69, 9.17) is 0 Å². The van der Waals surface area contributed by atoms with E-state index in [1.807, 2.05) is 43.3 Å². The molecule has 2 aromatic carbocycles. The summed E-state index contributed by atoms with van der Waals surface area (Å²) in [4.78, 5) is 14.5. The first kappa shape index (κ1) is 14.6. The number of anilines is 2. The summed E-state index contributed by atoms with van der Waals surface area (Å²) in [6.45, 7) is 6.10. The Hall–Kier alpha value is -2.33. The van der Waals surface area contributed by atoms with Gasteiger partial charge < -0.3 is 15.5 Å². The molecular formula is C18H21N3O. The molecule has 1 saturated heterocycles. The van der Waals surface area contributed by atoms with E-state index < -0.39 is 0 Å². The maximum Gasteiger partial charge on any atom is 0.255 e. The van der Waals surface area contributed by atoms with Crippen molar-refractivity contribution < 1.29 is 4.79 Å². The summed E-state index contributed by atoms with van der Waals surface area (Å²) in [5.41, 5.74) is 3.85. The predicted octanol–water partition coefficient (Wildman–Crippen LogP) is 2.66. The van der Waals surface area contributed by atoms with E-state index in [0.717, 1.165) is 37.4 Å². The van der Waals surface area contributed by atoms with Gasteiger partial charge in [0.2, 0.25) is 0 Å². The van der Waals surface area contributed by atoms with E-state index in [1.165, 1.54) is 5.69 Å². The number of benzene rings is 2. The van der Waals surface area contributed by atoms with Crippen molar-refractivity contribution in [2.24, 2.45) is 0 Å². The van der Waals surface area contributed by atoms with Crippen LogP contribution < -0.4 is 15.5 Å². The lowest BCUT2D eigenvalue weighted by Gasteiger charge is -2.29. The number of nitrogens with zero attached hydrogens (tertiary/aromatic N) is 1. The SMILES string of the molecule is Cc1ccc(C(=O)Nc2ccc(N3CCNCC3)cc2)cc1. The summed E-state index contributed by atoms with van der Waals surface area (Å²) in [6, 6.07) is 15.6. The summed E-state index contributed by atoms with van der Waals surface area (Å²) in [5.74, 6) is -0.0741. The second-order valence-electron chi connectivity index (χ2n) is 5.60. The molecule has 114 valence electrons. The molecule has 2 aromatic rings.